The molecule has 0 unspecified atom stereocenters. The van der Waals surface area contributed by atoms with Crippen molar-refractivity contribution in [3.8, 4) is 17.6 Å². The van der Waals surface area contributed by atoms with Crippen molar-refractivity contribution in [2.75, 3.05) is 7.11 Å². The van der Waals surface area contributed by atoms with E-state index >= 15 is 0 Å². The van der Waals surface area contributed by atoms with Crippen molar-refractivity contribution in [3.05, 3.63) is 58.9 Å². The van der Waals surface area contributed by atoms with E-state index in [1.54, 1.807) is 19.2 Å². The van der Waals surface area contributed by atoms with Crippen LogP contribution in [-0.2, 0) is 11.9 Å². The Morgan fingerprint density at radius 3 is 2.67 bits per heavy atom. The van der Waals surface area contributed by atoms with Crippen molar-refractivity contribution in [2.24, 2.45) is 0 Å². The number of nitriles is 1. The van der Waals surface area contributed by atoms with Gasteiger partial charge in [0.2, 0.25) is 0 Å². The molecule has 0 aliphatic carbocycles. The van der Waals surface area contributed by atoms with E-state index < -0.39 is 0 Å². The van der Waals surface area contributed by atoms with Gasteiger partial charge in [-0.2, -0.15) is 5.26 Å². The van der Waals surface area contributed by atoms with E-state index in [0.717, 1.165) is 11.3 Å². The van der Waals surface area contributed by atoms with Crippen molar-refractivity contribution in [1.82, 2.24) is 0 Å². The number of alkyl halides is 1. The lowest BCUT2D eigenvalue weighted by atomic mass is 10.1. The van der Waals surface area contributed by atoms with Crippen LogP contribution in [0.2, 0.25) is 0 Å². The Bertz CT molecular complexity index is 682. The maximum atomic E-state index is 13.7. The predicted molar refractivity (Wildman–Crippen MR) is 81.1 cm³/mol. The first-order valence-electron chi connectivity index (χ1n) is 6.22. The lowest BCUT2D eigenvalue weighted by molar-refractivity contribution is 0.297. The second-order valence-corrected chi connectivity index (χ2v) is 4.87. The quantitative estimate of drug-likeness (QED) is 0.760. The predicted octanol–water partition coefficient (Wildman–Crippen LogP) is 4.18. The van der Waals surface area contributed by atoms with Crippen LogP contribution in [0.1, 0.15) is 16.7 Å². The summed E-state index contributed by atoms with van der Waals surface area (Å²) in [4.78, 5) is 0. The second kappa shape index (κ2) is 7.09. The molecule has 2 aromatic carbocycles. The van der Waals surface area contributed by atoms with Crippen LogP contribution < -0.4 is 9.47 Å². The largest absolute Gasteiger partial charge is 0.497 e. The topological polar surface area (TPSA) is 42.2 Å². The van der Waals surface area contributed by atoms with Gasteiger partial charge in [-0.3, -0.25) is 0 Å². The summed E-state index contributed by atoms with van der Waals surface area (Å²) in [6, 6.07) is 11.6. The first kappa shape index (κ1) is 15.3. The molecule has 21 heavy (non-hydrogen) atoms. The molecule has 0 bridgehead atoms. The highest BCUT2D eigenvalue weighted by Gasteiger charge is 2.08. The number of methoxy groups -OCH3 is 1. The highest BCUT2D eigenvalue weighted by Crippen LogP contribution is 2.27. The number of hydrogen-bond donors (Lipinski definition) is 0. The zero-order valence-corrected chi connectivity index (χ0v) is 13.0. The number of halogens is 2. The average Bonchev–Trinajstić information content (AvgIpc) is 2.54. The summed E-state index contributed by atoms with van der Waals surface area (Å²) >= 11 is 3.38. The minimum absolute atomic E-state index is 0.0632. The highest BCUT2D eigenvalue weighted by molar-refractivity contribution is 9.08. The van der Waals surface area contributed by atoms with E-state index in [2.05, 4.69) is 15.9 Å². The molecule has 0 radical (unpaired) electrons. The Balaban J connectivity index is 2.18. The van der Waals surface area contributed by atoms with Crippen molar-refractivity contribution in [1.29, 1.82) is 5.26 Å². The molecule has 0 spiro atoms. The molecule has 5 heteroatoms. The normalized spacial score (nSPS) is 10.0. The van der Waals surface area contributed by atoms with Gasteiger partial charge in [-0.15, -0.1) is 0 Å². The Kier molecular flexibility index (Phi) is 5.18. The van der Waals surface area contributed by atoms with E-state index in [1.807, 2.05) is 12.1 Å². The van der Waals surface area contributed by atoms with Crippen LogP contribution in [0.4, 0.5) is 4.39 Å². The van der Waals surface area contributed by atoms with Gasteiger partial charge < -0.3 is 9.47 Å². The fraction of sp³-hybridized carbons (Fsp3) is 0.188. The molecule has 0 saturated heterocycles. The Morgan fingerprint density at radius 1 is 1.19 bits per heavy atom. The summed E-state index contributed by atoms with van der Waals surface area (Å²) in [5.74, 6) is 0.992. The number of ether oxygens (including phenoxy) is 2. The third kappa shape index (κ3) is 3.73. The lowest BCUT2D eigenvalue weighted by Crippen LogP contribution is -2.01. The summed E-state index contributed by atoms with van der Waals surface area (Å²) < 4.78 is 24.5. The van der Waals surface area contributed by atoms with Crippen LogP contribution in [0.3, 0.4) is 0 Å². The monoisotopic (exact) mass is 349 g/mol. The minimum atomic E-state index is -0.386. The van der Waals surface area contributed by atoms with Crippen molar-refractivity contribution >= 4 is 15.9 Å². The summed E-state index contributed by atoms with van der Waals surface area (Å²) in [6.45, 7) is 0.0632. The minimum Gasteiger partial charge on any atom is -0.497 e. The summed E-state index contributed by atoms with van der Waals surface area (Å²) in [5.41, 5.74) is 1.67. The molecule has 3 nitrogen and oxygen atoms in total. The van der Waals surface area contributed by atoms with E-state index in [9.17, 15) is 4.39 Å². The zero-order chi connectivity index (χ0) is 15.2. The average molecular weight is 350 g/mol. The third-order valence-corrected chi connectivity index (χ3v) is 3.57. The first-order chi connectivity index (χ1) is 10.2. The van der Waals surface area contributed by atoms with Crippen molar-refractivity contribution < 1.29 is 13.9 Å². The molecule has 108 valence electrons. The van der Waals surface area contributed by atoms with Crippen LogP contribution in [0.25, 0.3) is 0 Å². The van der Waals surface area contributed by atoms with Gasteiger partial charge in [0, 0.05) is 16.5 Å². The standard InChI is InChI=1S/C16H13BrFNO2/c1-20-14-3-5-16(12(7-14)8-17)21-10-13-6-11(9-19)2-4-15(13)18/h2-7H,8,10H2,1H3. The molecule has 0 atom stereocenters. The molecule has 2 rings (SSSR count). The SMILES string of the molecule is COc1ccc(OCc2cc(C#N)ccc2F)c(CBr)c1. The second-order valence-electron chi connectivity index (χ2n) is 4.31. The van der Waals surface area contributed by atoms with E-state index in [-0.39, 0.29) is 12.4 Å². The Morgan fingerprint density at radius 2 is 2.00 bits per heavy atom. The molecular weight excluding hydrogens is 337 g/mol. The smallest absolute Gasteiger partial charge is 0.129 e. The summed E-state index contributed by atoms with van der Waals surface area (Å²) in [6.07, 6.45) is 0. The molecule has 0 fully saturated rings. The van der Waals surface area contributed by atoms with Crippen LogP contribution in [-0.4, -0.2) is 7.11 Å². The van der Waals surface area contributed by atoms with Gasteiger partial charge in [-0.1, -0.05) is 15.9 Å². The Hall–Kier alpha value is -2.06. The van der Waals surface area contributed by atoms with E-state index in [1.165, 1.54) is 18.2 Å². The Labute approximate surface area is 131 Å². The van der Waals surface area contributed by atoms with Gasteiger partial charge in [-0.05, 0) is 36.4 Å². The third-order valence-electron chi connectivity index (χ3n) is 2.97. The van der Waals surface area contributed by atoms with Gasteiger partial charge in [0.1, 0.15) is 23.9 Å². The van der Waals surface area contributed by atoms with Gasteiger partial charge in [0.15, 0.2) is 0 Å². The van der Waals surface area contributed by atoms with Crippen LogP contribution in [0.15, 0.2) is 36.4 Å². The van der Waals surface area contributed by atoms with Gasteiger partial charge >= 0.3 is 0 Å². The van der Waals surface area contributed by atoms with Gasteiger partial charge in [0.05, 0.1) is 18.7 Å². The maximum Gasteiger partial charge on any atom is 0.129 e. The molecule has 0 aromatic heterocycles. The van der Waals surface area contributed by atoms with Crippen LogP contribution in [0, 0.1) is 17.1 Å². The lowest BCUT2D eigenvalue weighted by Gasteiger charge is -2.12. The van der Waals surface area contributed by atoms with E-state index in [4.69, 9.17) is 14.7 Å². The van der Waals surface area contributed by atoms with Crippen molar-refractivity contribution in [2.45, 2.75) is 11.9 Å². The van der Waals surface area contributed by atoms with E-state index in [0.29, 0.717) is 22.2 Å². The number of hydrogen-bond acceptors (Lipinski definition) is 3. The zero-order valence-electron chi connectivity index (χ0n) is 11.4. The van der Waals surface area contributed by atoms with Gasteiger partial charge in [0.25, 0.3) is 0 Å². The number of rotatable bonds is 5. The molecule has 0 amide bonds. The fourth-order valence-corrected chi connectivity index (χ4v) is 2.28. The highest BCUT2D eigenvalue weighted by atomic mass is 79.9. The maximum absolute atomic E-state index is 13.7. The molecule has 2 aromatic rings. The van der Waals surface area contributed by atoms with Crippen molar-refractivity contribution in [3.63, 3.8) is 0 Å². The first-order valence-corrected chi connectivity index (χ1v) is 7.34. The summed E-state index contributed by atoms with van der Waals surface area (Å²) in [7, 11) is 1.59. The van der Waals surface area contributed by atoms with Crippen LogP contribution in [0.5, 0.6) is 11.5 Å². The molecular formula is C16H13BrFNO2. The molecule has 0 N–H and O–H groups in total. The molecule has 0 saturated carbocycles. The van der Waals surface area contributed by atoms with Crippen LogP contribution >= 0.6 is 15.9 Å². The molecule has 0 heterocycles. The molecule has 0 aliphatic heterocycles. The number of nitrogens with zero attached hydrogens (tertiary/aromatic N) is 1. The fourth-order valence-electron chi connectivity index (χ4n) is 1.84. The molecule has 0 aliphatic rings. The van der Waals surface area contributed by atoms with Gasteiger partial charge in [-0.25, -0.2) is 4.39 Å². The number of benzene rings is 2. The summed E-state index contributed by atoms with van der Waals surface area (Å²) in [5, 5.41) is 9.44.